The highest BCUT2D eigenvalue weighted by Gasteiger charge is 2.51. The number of nitrogens with one attached hydrogen (secondary N) is 2. The first-order valence-corrected chi connectivity index (χ1v) is 11.3. The smallest absolute Gasteiger partial charge is 0.326 e. The van der Waals surface area contributed by atoms with Gasteiger partial charge in [0.05, 0.1) is 10.9 Å². The number of carbonyl (C=O) groups excluding carboxylic acids is 2. The molecule has 0 unspecified atom stereocenters. The number of ether oxygens (including phenoxy) is 1. The number of rotatable bonds is 6. The van der Waals surface area contributed by atoms with Gasteiger partial charge in [-0.05, 0) is 80.8 Å². The zero-order valence-electron chi connectivity index (χ0n) is 17.9. The van der Waals surface area contributed by atoms with E-state index in [4.69, 9.17) is 4.74 Å². The number of amides is 1. The SMILES string of the molecule is C[C@@H](OC(=O)CNC(=O)CC12CC3CC(CC(C3)C1)C2)c1nc2ccccc2c(=O)[nH]1. The minimum absolute atomic E-state index is 0.0659. The Morgan fingerprint density at radius 1 is 1.16 bits per heavy atom. The summed E-state index contributed by atoms with van der Waals surface area (Å²) in [4.78, 5) is 44.2. The van der Waals surface area contributed by atoms with Crippen LogP contribution in [0.3, 0.4) is 0 Å². The van der Waals surface area contributed by atoms with Crippen molar-refractivity contribution < 1.29 is 14.3 Å². The van der Waals surface area contributed by atoms with Gasteiger partial charge in [0, 0.05) is 6.42 Å². The van der Waals surface area contributed by atoms with E-state index < -0.39 is 12.1 Å². The molecule has 164 valence electrons. The standard InChI is InChI=1S/C24H29N3O4/c1-14(22-26-19-5-3-2-4-18(19)23(30)27-22)31-21(29)13-25-20(28)12-24-9-15-6-16(10-24)8-17(7-15)11-24/h2-5,14-17H,6-13H2,1H3,(H,25,28)(H,26,27,30)/t14-,15?,16?,17?,24?/m1/s1. The summed E-state index contributed by atoms with van der Waals surface area (Å²) >= 11 is 0. The van der Waals surface area contributed by atoms with Crippen LogP contribution in [-0.2, 0) is 14.3 Å². The van der Waals surface area contributed by atoms with Crippen LogP contribution >= 0.6 is 0 Å². The van der Waals surface area contributed by atoms with Crippen molar-refractivity contribution in [2.45, 2.75) is 58.0 Å². The van der Waals surface area contributed by atoms with Crippen molar-refractivity contribution in [3.05, 3.63) is 40.4 Å². The van der Waals surface area contributed by atoms with E-state index in [0.29, 0.717) is 17.3 Å². The van der Waals surface area contributed by atoms with Crippen molar-refractivity contribution >= 4 is 22.8 Å². The molecule has 2 N–H and O–H groups in total. The summed E-state index contributed by atoms with van der Waals surface area (Å²) in [5.74, 6) is 2.06. The molecule has 0 aliphatic heterocycles. The van der Waals surface area contributed by atoms with Crippen molar-refractivity contribution in [3.63, 3.8) is 0 Å². The number of aromatic amines is 1. The zero-order valence-corrected chi connectivity index (χ0v) is 17.9. The predicted octanol–water partition coefficient (Wildman–Crippen LogP) is 3.25. The average Bonchev–Trinajstić information content (AvgIpc) is 2.71. The molecule has 4 aliphatic rings. The van der Waals surface area contributed by atoms with Gasteiger partial charge >= 0.3 is 5.97 Å². The van der Waals surface area contributed by atoms with E-state index in [1.54, 1.807) is 31.2 Å². The van der Waals surface area contributed by atoms with Gasteiger partial charge in [-0.2, -0.15) is 0 Å². The van der Waals surface area contributed by atoms with Crippen LogP contribution in [0.5, 0.6) is 0 Å². The average molecular weight is 424 g/mol. The largest absolute Gasteiger partial charge is 0.453 e. The Morgan fingerprint density at radius 3 is 2.48 bits per heavy atom. The lowest BCUT2D eigenvalue weighted by Gasteiger charge is -2.56. The number of para-hydroxylation sites is 1. The number of aromatic nitrogens is 2. The van der Waals surface area contributed by atoms with Crippen molar-refractivity contribution in [1.82, 2.24) is 15.3 Å². The zero-order chi connectivity index (χ0) is 21.6. The van der Waals surface area contributed by atoms with Crippen LogP contribution in [0, 0.1) is 23.2 Å². The van der Waals surface area contributed by atoms with Crippen molar-refractivity contribution in [2.24, 2.45) is 23.2 Å². The Kier molecular flexibility index (Phi) is 5.07. The van der Waals surface area contributed by atoms with Gasteiger partial charge in [0.1, 0.15) is 6.54 Å². The number of esters is 1. The van der Waals surface area contributed by atoms with Crippen molar-refractivity contribution in [1.29, 1.82) is 0 Å². The maximum atomic E-state index is 12.6. The molecule has 2 aromatic rings. The molecular weight excluding hydrogens is 394 g/mol. The number of hydrogen-bond acceptors (Lipinski definition) is 5. The van der Waals surface area contributed by atoms with Gasteiger partial charge in [-0.25, -0.2) is 4.98 Å². The van der Waals surface area contributed by atoms with Crippen LogP contribution in [0.2, 0.25) is 0 Å². The Balaban J connectivity index is 1.15. The maximum Gasteiger partial charge on any atom is 0.326 e. The van der Waals surface area contributed by atoms with Crippen LogP contribution in [0.25, 0.3) is 10.9 Å². The van der Waals surface area contributed by atoms with Gasteiger partial charge in [-0.3, -0.25) is 14.4 Å². The predicted molar refractivity (Wildman–Crippen MR) is 115 cm³/mol. The second-order valence-corrected chi connectivity index (χ2v) is 9.97. The first-order chi connectivity index (χ1) is 14.9. The summed E-state index contributed by atoms with van der Waals surface area (Å²) in [6.07, 6.45) is 7.31. The molecule has 4 bridgehead atoms. The molecule has 0 radical (unpaired) electrons. The quantitative estimate of drug-likeness (QED) is 0.695. The van der Waals surface area contributed by atoms with Crippen LogP contribution in [0.4, 0.5) is 0 Å². The lowest BCUT2D eigenvalue weighted by molar-refractivity contribution is -0.149. The number of nitrogens with zero attached hydrogens (tertiary/aromatic N) is 1. The topological polar surface area (TPSA) is 101 Å². The number of hydrogen-bond donors (Lipinski definition) is 2. The highest BCUT2D eigenvalue weighted by atomic mass is 16.5. The number of benzene rings is 1. The monoisotopic (exact) mass is 423 g/mol. The third-order valence-electron chi connectivity index (χ3n) is 7.45. The molecule has 31 heavy (non-hydrogen) atoms. The van der Waals surface area contributed by atoms with E-state index in [1.807, 2.05) is 0 Å². The van der Waals surface area contributed by atoms with Crippen molar-refractivity contribution in [2.75, 3.05) is 6.54 Å². The van der Waals surface area contributed by atoms with Gasteiger partial charge in [0.15, 0.2) is 11.9 Å². The second kappa shape index (κ2) is 7.77. The Hall–Kier alpha value is -2.70. The van der Waals surface area contributed by atoms with Gasteiger partial charge in [-0.1, -0.05) is 12.1 Å². The molecule has 1 atom stereocenters. The fraction of sp³-hybridized carbons (Fsp3) is 0.583. The molecule has 4 aliphatic carbocycles. The highest BCUT2D eigenvalue weighted by molar-refractivity contribution is 5.82. The number of H-pyrrole nitrogens is 1. The molecule has 7 nitrogen and oxygen atoms in total. The molecular formula is C24H29N3O4. The molecule has 6 rings (SSSR count). The number of carbonyl (C=O) groups is 2. The van der Waals surface area contributed by atoms with E-state index >= 15 is 0 Å². The van der Waals surface area contributed by atoms with Crippen LogP contribution in [-0.4, -0.2) is 28.4 Å². The third kappa shape index (κ3) is 4.10. The van der Waals surface area contributed by atoms with Gasteiger partial charge < -0.3 is 15.0 Å². The number of fused-ring (bicyclic) bond motifs is 1. The molecule has 0 saturated heterocycles. The van der Waals surface area contributed by atoms with Gasteiger partial charge in [0.25, 0.3) is 5.56 Å². The van der Waals surface area contributed by atoms with Crippen LogP contribution in [0.1, 0.15) is 63.8 Å². The Bertz CT molecular complexity index is 1040. The molecule has 1 amide bonds. The summed E-state index contributed by atoms with van der Waals surface area (Å²) in [6, 6.07) is 7.01. The summed E-state index contributed by atoms with van der Waals surface area (Å²) in [6.45, 7) is 1.48. The first kappa shape index (κ1) is 20.2. The van der Waals surface area contributed by atoms with E-state index in [2.05, 4.69) is 15.3 Å². The Labute approximate surface area is 181 Å². The fourth-order valence-electron chi connectivity index (χ4n) is 6.67. The van der Waals surface area contributed by atoms with E-state index in [0.717, 1.165) is 37.0 Å². The molecule has 4 saturated carbocycles. The normalized spacial score (nSPS) is 29.6. The summed E-state index contributed by atoms with van der Waals surface area (Å²) < 4.78 is 5.40. The second-order valence-electron chi connectivity index (χ2n) is 9.97. The summed E-state index contributed by atoms with van der Waals surface area (Å²) in [7, 11) is 0. The van der Waals surface area contributed by atoms with E-state index in [1.165, 1.54) is 19.3 Å². The fourth-order valence-corrected chi connectivity index (χ4v) is 6.67. The summed E-state index contributed by atoms with van der Waals surface area (Å²) in [5, 5.41) is 3.24. The molecule has 1 heterocycles. The molecule has 1 aromatic carbocycles. The highest BCUT2D eigenvalue weighted by Crippen LogP contribution is 2.61. The molecule has 4 fully saturated rings. The third-order valence-corrected chi connectivity index (χ3v) is 7.45. The van der Waals surface area contributed by atoms with Crippen molar-refractivity contribution in [3.8, 4) is 0 Å². The molecule has 0 spiro atoms. The first-order valence-electron chi connectivity index (χ1n) is 11.3. The lowest BCUT2D eigenvalue weighted by Crippen LogP contribution is -2.48. The maximum absolute atomic E-state index is 12.6. The molecule has 1 aromatic heterocycles. The summed E-state index contributed by atoms with van der Waals surface area (Å²) in [5.41, 5.74) is 0.422. The van der Waals surface area contributed by atoms with Crippen LogP contribution in [0.15, 0.2) is 29.1 Å². The van der Waals surface area contributed by atoms with Gasteiger partial charge in [0.2, 0.25) is 5.91 Å². The minimum atomic E-state index is -0.718. The Morgan fingerprint density at radius 2 is 1.81 bits per heavy atom. The lowest BCUT2D eigenvalue weighted by atomic mass is 9.49. The van der Waals surface area contributed by atoms with E-state index in [-0.39, 0.29) is 29.3 Å². The van der Waals surface area contributed by atoms with Crippen LogP contribution < -0.4 is 10.9 Å². The van der Waals surface area contributed by atoms with E-state index in [9.17, 15) is 14.4 Å². The minimum Gasteiger partial charge on any atom is -0.453 e. The molecule has 7 heteroatoms. The van der Waals surface area contributed by atoms with Gasteiger partial charge in [-0.15, -0.1) is 0 Å².